The van der Waals surface area contributed by atoms with E-state index < -0.39 is 29.3 Å². The highest BCUT2D eigenvalue weighted by Crippen LogP contribution is 2.33. The molecule has 0 spiro atoms. The van der Waals surface area contributed by atoms with Gasteiger partial charge in [-0.3, -0.25) is 4.79 Å². The van der Waals surface area contributed by atoms with E-state index in [1.807, 2.05) is 13.8 Å². The molecule has 1 heterocycles. The largest absolute Gasteiger partial charge is 0.435 e. The second-order valence-electron chi connectivity index (χ2n) is 6.41. The number of aromatic nitrogens is 3. The zero-order chi connectivity index (χ0) is 20.5. The molecule has 0 aliphatic heterocycles. The minimum Gasteiger partial charge on any atom is -0.321 e. The van der Waals surface area contributed by atoms with E-state index in [4.69, 9.17) is 0 Å². The van der Waals surface area contributed by atoms with Gasteiger partial charge >= 0.3 is 6.18 Å². The summed E-state index contributed by atoms with van der Waals surface area (Å²) in [6, 6.07) is 11.2. The number of hydrogen-bond donors (Lipinski definition) is 1. The quantitative estimate of drug-likeness (QED) is 0.649. The molecule has 0 aliphatic carbocycles. The van der Waals surface area contributed by atoms with E-state index in [1.54, 1.807) is 24.3 Å². The Kier molecular flexibility index (Phi) is 5.17. The first-order valence-electron chi connectivity index (χ1n) is 8.37. The lowest BCUT2D eigenvalue weighted by atomic mass is 10.0. The van der Waals surface area contributed by atoms with Crippen LogP contribution in [-0.4, -0.2) is 20.9 Å². The Morgan fingerprint density at radius 1 is 1.11 bits per heavy atom. The number of nitrogens with zero attached hydrogens (tertiary/aromatic N) is 3. The highest BCUT2D eigenvalue weighted by molar-refractivity contribution is 6.03. The Hall–Kier alpha value is -3.23. The minimum absolute atomic E-state index is 0.194. The molecule has 2 aromatic carbocycles. The summed E-state index contributed by atoms with van der Waals surface area (Å²) in [6.07, 6.45) is -4.93. The third-order valence-electron chi connectivity index (χ3n) is 4.04. The summed E-state index contributed by atoms with van der Waals surface area (Å²) in [5, 5.41) is 9.19. The summed E-state index contributed by atoms with van der Waals surface area (Å²) in [5.74, 6) is -1.53. The molecule has 0 unspecified atom stereocenters. The Bertz CT molecular complexity index is 994. The summed E-state index contributed by atoms with van der Waals surface area (Å²) in [6.45, 7) is 3.99. The molecule has 0 radical (unpaired) electrons. The molecule has 146 valence electrons. The predicted molar refractivity (Wildman–Crippen MR) is 94.8 cm³/mol. The number of halogens is 4. The zero-order valence-electron chi connectivity index (χ0n) is 15.0. The van der Waals surface area contributed by atoms with Gasteiger partial charge in [0.25, 0.3) is 5.91 Å². The topological polar surface area (TPSA) is 59.8 Å². The van der Waals surface area contributed by atoms with Crippen LogP contribution in [0, 0.1) is 5.82 Å². The van der Waals surface area contributed by atoms with Crippen LogP contribution in [0.2, 0.25) is 0 Å². The molecule has 1 N–H and O–H groups in total. The number of rotatable bonds is 4. The van der Waals surface area contributed by atoms with Crippen molar-refractivity contribution in [1.82, 2.24) is 15.0 Å². The fourth-order valence-electron chi connectivity index (χ4n) is 2.62. The molecule has 0 saturated carbocycles. The number of anilines is 1. The van der Waals surface area contributed by atoms with Gasteiger partial charge < -0.3 is 5.32 Å². The molecule has 9 heteroatoms. The van der Waals surface area contributed by atoms with Crippen LogP contribution in [0.5, 0.6) is 0 Å². The maximum absolute atomic E-state index is 13.6. The monoisotopic (exact) mass is 392 g/mol. The van der Waals surface area contributed by atoms with Crippen molar-refractivity contribution >= 4 is 11.6 Å². The van der Waals surface area contributed by atoms with Crippen molar-refractivity contribution in [2.24, 2.45) is 0 Å². The second-order valence-corrected chi connectivity index (χ2v) is 6.41. The minimum atomic E-state index is -4.93. The predicted octanol–water partition coefficient (Wildman–Crippen LogP) is 4.80. The fraction of sp³-hybridized carbons (Fsp3) is 0.211. The lowest BCUT2D eigenvalue weighted by Gasteiger charge is -2.12. The van der Waals surface area contributed by atoms with Gasteiger partial charge in [0, 0.05) is 5.69 Å². The first kappa shape index (κ1) is 19.5. The van der Waals surface area contributed by atoms with Crippen LogP contribution in [-0.2, 0) is 6.18 Å². The summed E-state index contributed by atoms with van der Waals surface area (Å²) in [7, 11) is 0. The Labute approximate surface area is 158 Å². The Morgan fingerprint density at radius 3 is 2.36 bits per heavy atom. The van der Waals surface area contributed by atoms with Crippen LogP contribution in [0.4, 0.5) is 23.2 Å². The van der Waals surface area contributed by atoms with Crippen molar-refractivity contribution in [2.75, 3.05) is 5.32 Å². The van der Waals surface area contributed by atoms with Gasteiger partial charge in [0.15, 0.2) is 11.4 Å². The highest BCUT2D eigenvalue weighted by atomic mass is 19.4. The number of carbonyl (C=O) groups is 1. The molecule has 3 rings (SSSR count). The van der Waals surface area contributed by atoms with Gasteiger partial charge in [0.1, 0.15) is 5.82 Å². The summed E-state index contributed by atoms with van der Waals surface area (Å²) < 4.78 is 54.6. The van der Waals surface area contributed by atoms with Crippen LogP contribution in [0.1, 0.15) is 41.5 Å². The number of carbonyl (C=O) groups excluding carboxylic acids is 1. The van der Waals surface area contributed by atoms with Gasteiger partial charge in [-0.05, 0) is 41.8 Å². The van der Waals surface area contributed by atoms with E-state index in [0.29, 0.717) is 10.4 Å². The number of hydrogen-bond acceptors (Lipinski definition) is 3. The molecule has 5 nitrogen and oxygen atoms in total. The van der Waals surface area contributed by atoms with Crippen molar-refractivity contribution in [1.29, 1.82) is 0 Å². The van der Waals surface area contributed by atoms with Gasteiger partial charge in [-0.15, -0.1) is 5.10 Å². The molecule has 28 heavy (non-hydrogen) atoms. The van der Waals surface area contributed by atoms with Crippen molar-refractivity contribution < 1.29 is 22.4 Å². The average molecular weight is 392 g/mol. The standard InChI is InChI=1S/C19H16F4N4O/c1-11(2)12-6-8-14(9-7-12)24-18(28)16-17(19(21,22)23)27(26-25-16)15-5-3-4-13(20)10-15/h3-11H,1-2H3,(H,24,28). The van der Waals surface area contributed by atoms with Crippen molar-refractivity contribution in [2.45, 2.75) is 25.9 Å². The maximum Gasteiger partial charge on any atom is 0.435 e. The molecule has 3 aromatic rings. The van der Waals surface area contributed by atoms with Gasteiger partial charge in [0.2, 0.25) is 0 Å². The lowest BCUT2D eigenvalue weighted by molar-refractivity contribution is -0.143. The normalized spacial score (nSPS) is 11.7. The molecule has 0 atom stereocenters. The van der Waals surface area contributed by atoms with Crippen molar-refractivity contribution in [3.8, 4) is 5.69 Å². The van der Waals surface area contributed by atoms with E-state index in [-0.39, 0.29) is 11.6 Å². The fourth-order valence-corrected chi connectivity index (χ4v) is 2.62. The van der Waals surface area contributed by atoms with Gasteiger partial charge in [-0.2, -0.15) is 13.2 Å². The number of benzene rings is 2. The van der Waals surface area contributed by atoms with E-state index in [9.17, 15) is 22.4 Å². The smallest absolute Gasteiger partial charge is 0.321 e. The van der Waals surface area contributed by atoms with E-state index in [0.717, 1.165) is 17.7 Å². The Balaban J connectivity index is 1.96. The van der Waals surface area contributed by atoms with Gasteiger partial charge in [0.05, 0.1) is 5.69 Å². The summed E-state index contributed by atoms with van der Waals surface area (Å²) in [4.78, 5) is 12.4. The molecule has 1 amide bonds. The molecule has 0 fully saturated rings. The molecule has 0 bridgehead atoms. The van der Waals surface area contributed by atoms with Crippen LogP contribution < -0.4 is 5.32 Å². The lowest BCUT2D eigenvalue weighted by Crippen LogP contribution is -2.21. The maximum atomic E-state index is 13.6. The third kappa shape index (κ3) is 4.03. The van der Waals surface area contributed by atoms with E-state index >= 15 is 0 Å². The van der Waals surface area contributed by atoms with Gasteiger partial charge in [-0.1, -0.05) is 37.3 Å². The van der Waals surface area contributed by atoms with Crippen molar-refractivity contribution in [3.05, 3.63) is 71.3 Å². The van der Waals surface area contributed by atoms with E-state index in [2.05, 4.69) is 15.6 Å². The highest BCUT2D eigenvalue weighted by Gasteiger charge is 2.42. The number of amides is 1. The Morgan fingerprint density at radius 2 is 1.79 bits per heavy atom. The summed E-state index contributed by atoms with van der Waals surface area (Å²) >= 11 is 0. The van der Waals surface area contributed by atoms with Crippen LogP contribution in [0.25, 0.3) is 5.69 Å². The van der Waals surface area contributed by atoms with Crippen LogP contribution in [0.15, 0.2) is 48.5 Å². The van der Waals surface area contributed by atoms with Crippen molar-refractivity contribution in [3.63, 3.8) is 0 Å². The average Bonchev–Trinajstić information content (AvgIpc) is 3.08. The SMILES string of the molecule is CC(C)c1ccc(NC(=O)c2nnn(-c3cccc(F)c3)c2C(F)(F)F)cc1. The van der Waals surface area contributed by atoms with Crippen LogP contribution >= 0.6 is 0 Å². The van der Waals surface area contributed by atoms with E-state index in [1.165, 1.54) is 12.1 Å². The first-order valence-corrected chi connectivity index (χ1v) is 8.37. The molecule has 0 saturated heterocycles. The first-order chi connectivity index (χ1) is 13.2. The third-order valence-corrected chi connectivity index (χ3v) is 4.04. The van der Waals surface area contributed by atoms with Crippen LogP contribution in [0.3, 0.4) is 0 Å². The molecular weight excluding hydrogens is 376 g/mol. The van der Waals surface area contributed by atoms with Gasteiger partial charge in [-0.25, -0.2) is 9.07 Å². The molecule has 0 aliphatic rings. The zero-order valence-corrected chi connectivity index (χ0v) is 15.0. The molecule has 1 aromatic heterocycles. The number of nitrogens with one attached hydrogen (secondary N) is 1. The molecular formula is C19H16F4N4O. The number of alkyl halides is 3. The second kappa shape index (κ2) is 7.41. The summed E-state index contributed by atoms with van der Waals surface area (Å²) in [5.41, 5.74) is -1.13.